The summed E-state index contributed by atoms with van der Waals surface area (Å²) in [4.78, 5) is 1.09. The number of benzene rings is 1. The fourth-order valence-electron chi connectivity index (χ4n) is 3.52. The molecule has 0 aromatic heterocycles. The van der Waals surface area contributed by atoms with Crippen LogP contribution in [0, 0.1) is 23.5 Å². The molecule has 138 valence electrons. The first-order valence-corrected chi connectivity index (χ1v) is 9.82. The van der Waals surface area contributed by atoms with Crippen molar-refractivity contribution in [2.24, 2.45) is 11.8 Å². The molecule has 1 N–H and O–H groups in total. The molecule has 0 saturated carbocycles. The van der Waals surface area contributed by atoms with E-state index >= 15 is 0 Å². The molecule has 0 saturated heterocycles. The van der Waals surface area contributed by atoms with Gasteiger partial charge < -0.3 is 0 Å². The van der Waals surface area contributed by atoms with Gasteiger partial charge in [-0.3, -0.25) is 4.90 Å². The minimum Gasteiger partial charge on any atom is -0.300 e. The fourth-order valence-corrected chi connectivity index (χ4v) is 3.52. The third kappa shape index (κ3) is 6.88. The number of hydrogen-bond acceptors (Lipinski definition) is 0. The van der Waals surface area contributed by atoms with Crippen molar-refractivity contribution in [1.82, 2.24) is 0 Å². The van der Waals surface area contributed by atoms with Crippen molar-refractivity contribution in [2.75, 3.05) is 13.1 Å². The highest BCUT2D eigenvalue weighted by molar-refractivity contribution is 5.31. The van der Waals surface area contributed by atoms with Crippen LogP contribution in [0.25, 0.3) is 0 Å². The lowest BCUT2D eigenvalue weighted by molar-refractivity contribution is -0.838. The van der Waals surface area contributed by atoms with Crippen molar-refractivity contribution in [3.8, 4) is 0 Å². The highest BCUT2D eigenvalue weighted by Crippen LogP contribution is 2.20. The van der Waals surface area contributed by atoms with E-state index < -0.39 is 11.6 Å². The van der Waals surface area contributed by atoms with Gasteiger partial charge in [-0.15, -0.1) is 0 Å². The summed E-state index contributed by atoms with van der Waals surface area (Å²) in [5.41, 5.74) is 0.496. The van der Waals surface area contributed by atoms with E-state index in [1.54, 1.807) is 12.1 Å². The molecule has 0 aliphatic carbocycles. The lowest BCUT2D eigenvalue weighted by atomic mass is 9.91. The monoisotopic (exact) mass is 340 g/mol. The van der Waals surface area contributed by atoms with Gasteiger partial charge in [-0.25, -0.2) is 4.39 Å². The van der Waals surface area contributed by atoms with E-state index in [-0.39, 0.29) is 0 Å². The van der Waals surface area contributed by atoms with Gasteiger partial charge >= 0.3 is 0 Å². The molecule has 0 aliphatic rings. The zero-order valence-corrected chi connectivity index (χ0v) is 16.0. The third-order valence-corrected chi connectivity index (χ3v) is 5.10. The van der Waals surface area contributed by atoms with Crippen LogP contribution < -0.4 is 4.90 Å². The number of unbranched alkanes of at least 4 members (excludes halogenated alkanes) is 1. The van der Waals surface area contributed by atoms with Gasteiger partial charge in [0.05, 0.1) is 13.1 Å². The molecule has 1 rings (SSSR count). The molecule has 1 aromatic rings. The first-order chi connectivity index (χ1) is 11.5. The van der Waals surface area contributed by atoms with Crippen LogP contribution in [-0.2, 0) is 0 Å². The van der Waals surface area contributed by atoms with Crippen molar-refractivity contribution in [3.63, 3.8) is 0 Å². The van der Waals surface area contributed by atoms with Gasteiger partial charge in [-0.2, -0.15) is 4.39 Å². The standard InChI is InChI=1S/C21H35F2N/c1-5-8-15-24(20-12-9-11-19(22)21(20)23)16-17(4)13-14-18(7-3)10-6-2/h9,11-12,17-18H,5-8,10,13-16H2,1-4H3/p+1. The van der Waals surface area contributed by atoms with Gasteiger partial charge in [0.15, 0.2) is 11.5 Å². The second kappa shape index (κ2) is 11.6. The third-order valence-electron chi connectivity index (χ3n) is 5.10. The molecule has 24 heavy (non-hydrogen) atoms. The van der Waals surface area contributed by atoms with Gasteiger partial charge in [0.1, 0.15) is 0 Å². The summed E-state index contributed by atoms with van der Waals surface area (Å²) >= 11 is 0. The largest absolute Gasteiger partial charge is 0.300 e. The van der Waals surface area contributed by atoms with E-state index in [0.29, 0.717) is 11.6 Å². The van der Waals surface area contributed by atoms with Crippen molar-refractivity contribution < 1.29 is 13.7 Å². The smallest absolute Gasteiger partial charge is 0.219 e. The first kappa shape index (κ1) is 21.1. The molecule has 3 heteroatoms. The predicted octanol–water partition coefficient (Wildman–Crippen LogP) is 5.52. The van der Waals surface area contributed by atoms with E-state index in [2.05, 4.69) is 27.7 Å². The van der Waals surface area contributed by atoms with Crippen molar-refractivity contribution in [1.29, 1.82) is 0 Å². The molecule has 0 amide bonds. The molecule has 0 bridgehead atoms. The van der Waals surface area contributed by atoms with E-state index in [4.69, 9.17) is 0 Å². The molecule has 0 fully saturated rings. The van der Waals surface area contributed by atoms with Crippen molar-refractivity contribution in [3.05, 3.63) is 29.8 Å². The maximum Gasteiger partial charge on any atom is 0.219 e. The summed E-state index contributed by atoms with van der Waals surface area (Å²) in [5.74, 6) is -0.0794. The van der Waals surface area contributed by atoms with E-state index in [1.807, 2.05) is 0 Å². The van der Waals surface area contributed by atoms with Crippen molar-refractivity contribution >= 4 is 5.69 Å². The SMILES string of the molecule is CCCC[NH+](CC(C)CCC(CC)CCC)c1cccc(F)c1F. The van der Waals surface area contributed by atoms with E-state index in [0.717, 1.165) is 36.7 Å². The summed E-state index contributed by atoms with van der Waals surface area (Å²) in [5, 5.41) is 0. The van der Waals surface area contributed by atoms with Crippen LogP contribution in [0.2, 0.25) is 0 Å². The topological polar surface area (TPSA) is 4.44 Å². The van der Waals surface area contributed by atoms with Crippen LogP contribution in [0.15, 0.2) is 18.2 Å². The molecule has 1 nitrogen and oxygen atoms in total. The Hall–Kier alpha value is -0.960. The molecule has 0 spiro atoms. The van der Waals surface area contributed by atoms with Gasteiger partial charge in [-0.05, 0) is 31.2 Å². The molecular formula is C21H36F2N+. The molecule has 0 aliphatic heterocycles. The van der Waals surface area contributed by atoms with Crippen LogP contribution in [0.3, 0.4) is 0 Å². The Kier molecular flexibility index (Phi) is 10.2. The lowest BCUT2D eigenvalue weighted by Gasteiger charge is -2.24. The summed E-state index contributed by atoms with van der Waals surface area (Å²) in [7, 11) is 0. The minimum atomic E-state index is -0.733. The van der Waals surface area contributed by atoms with Gasteiger partial charge in [0, 0.05) is 12.0 Å². The van der Waals surface area contributed by atoms with Crippen LogP contribution in [0.5, 0.6) is 0 Å². The number of nitrogens with one attached hydrogen (secondary N) is 1. The Labute approximate surface area is 147 Å². The second-order valence-electron chi connectivity index (χ2n) is 7.26. The average Bonchev–Trinajstić information content (AvgIpc) is 2.58. The Bertz CT molecular complexity index is 461. The summed E-state index contributed by atoms with van der Waals surface area (Å²) in [6, 6.07) is 4.57. The number of halogens is 2. The van der Waals surface area contributed by atoms with Crippen molar-refractivity contribution in [2.45, 2.75) is 72.6 Å². The van der Waals surface area contributed by atoms with Crippen LogP contribution in [-0.4, -0.2) is 13.1 Å². The normalized spacial score (nSPS) is 15.2. The molecule has 0 radical (unpaired) electrons. The fraction of sp³-hybridized carbons (Fsp3) is 0.714. The lowest BCUT2D eigenvalue weighted by Crippen LogP contribution is -3.08. The number of quaternary nitrogens is 1. The van der Waals surface area contributed by atoms with Gasteiger partial charge in [0.25, 0.3) is 0 Å². The average molecular weight is 341 g/mol. The Balaban J connectivity index is 2.70. The summed E-state index contributed by atoms with van der Waals surface area (Å²) < 4.78 is 27.8. The first-order valence-electron chi connectivity index (χ1n) is 9.82. The van der Waals surface area contributed by atoms with Gasteiger partial charge in [-0.1, -0.05) is 59.4 Å². The zero-order chi connectivity index (χ0) is 17.9. The molecule has 0 heterocycles. The maximum absolute atomic E-state index is 14.2. The minimum absolute atomic E-state index is 0.496. The number of rotatable bonds is 12. The Morgan fingerprint density at radius 1 is 1.00 bits per heavy atom. The Morgan fingerprint density at radius 3 is 2.38 bits per heavy atom. The molecular weight excluding hydrogens is 304 g/mol. The summed E-state index contributed by atoms with van der Waals surface area (Å²) in [6.45, 7) is 10.7. The Morgan fingerprint density at radius 2 is 1.75 bits per heavy atom. The number of hydrogen-bond donors (Lipinski definition) is 1. The molecule has 1 aromatic carbocycles. The molecule has 3 atom stereocenters. The predicted molar refractivity (Wildman–Crippen MR) is 98.7 cm³/mol. The van der Waals surface area contributed by atoms with E-state index in [9.17, 15) is 8.78 Å². The molecule has 3 unspecified atom stereocenters. The second-order valence-corrected chi connectivity index (χ2v) is 7.26. The van der Waals surface area contributed by atoms with E-state index in [1.165, 1.54) is 38.2 Å². The van der Waals surface area contributed by atoms with Crippen LogP contribution in [0.4, 0.5) is 14.5 Å². The highest BCUT2D eigenvalue weighted by atomic mass is 19.2. The quantitative estimate of drug-likeness (QED) is 0.511. The van der Waals surface area contributed by atoms with Gasteiger partial charge in [0.2, 0.25) is 5.82 Å². The zero-order valence-electron chi connectivity index (χ0n) is 16.0. The maximum atomic E-state index is 14.2. The van der Waals surface area contributed by atoms with Crippen LogP contribution >= 0.6 is 0 Å². The van der Waals surface area contributed by atoms with Crippen LogP contribution in [0.1, 0.15) is 72.6 Å². The summed E-state index contributed by atoms with van der Waals surface area (Å²) in [6.07, 6.45) is 8.31. The highest BCUT2D eigenvalue weighted by Gasteiger charge is 2.22.